The van der Waals surface area contributed by atoms with E-state index >= 15 is 0 Å². The number of carbonyl (C=O) groups excluding carboxylic acids is 1. The zero-order valence-electron chi connectivity index (χ0n) is 14.7. The van der Waals surface area contributed by atoms with Gasteiger partial charge >= 0.3 is 0 Å². The SMILES string of the molecule is C[C@H]1Cc2ccccc2N1C(=O)CN1CCC[C@@H](Cn2cncn2)C1. The molecule has 1 amide bonds. The highest BCUT2D eigenvalue weighted by Gasteiger charge is 2.32. The third-order valence-electron chi connectivity index (χ3n) is 5.35. The van der Waals surface area contributed by atoms with Gasteiger partial charge in [0.15, 0.2) is 0 Å². The van der Waals surface area contributed by atoms with Crippen LogP contribution in [0, 0.1) is 5.92 Å². The van der Waals surface area contributed by atoms with E-state index in [0.29, 0.717) is 12.5 Å². The quantitative estimate of drug-likeness (QED) is 0.855. The predicted octanol–water partition coefficient (Wildman–Crippen LogP) is 1.97. The number of hydrogen-bond acceptors (Lipinski definition) is 4. The maximum absolute atomic E-state index is 13.0. The Morgan fingerprint density at radius 1 is 1.32 bits per heavy atom. The van der Waals surface area contributed by atoms with E-state index in [-0.39, 0.29) is 11.9 Å². The highest BCUT2D eigenvalue weighted by atomic mass is 16.2. The number of carbonyl (C=O) groups is 1. The molecule has 25 heavy (non-hydrogen) atoms. The van der Waals surface area contributed by atoms with Gasteiger partial charge in [-0.2, -0.15) is 5.10 Å². The first-order valence-corrected chi connectivity index (χ1v) is 9.15. The Bertz CT molecular complexity index is 729. The van der Waals surface area contributed by atoms with Crippen LogP contribution in [-0.4, -0.2) is 51.2 Å². The highest BCUT2D eigenvalue weighted by molar-refractivity contribution is 5.97. The van der Waals surface area contributed by atoms with E-state index in [1.54, 1.807) is 12.7 Å². The fraction of sp³-hybridized carbons (Fsp3) is 0.526. The molecule has 0 unspecified atom stereocenters. The summed E-state index contributed by atoms with van der Waals surface area (Å²) >= 11 is 0. The summed E-state index contributed by atoms with van der Waals surface area (Å²) in [5.74, 6) is 0.755. The third-order valence-corrected chi connectivity index (χ3v) is 5.35. The van der Waals surface area contributed by atoms with Gasteiger partial charge in [-0.15, -0.1) is 0 Å². The number of para-hydroxylation sites is 1. The number of anilines is 1. The first kappa shape index (κ1) is 16.3. The van der Waals surface area contributed by atoms with Crippen LogP contribution >= 0.6 is 0 Å². The van der Waals surface area contributed by atoms with Crippen LogP contribution in [0.4, 0.5) is 5.69 Å². The average molecular weight is 339 g/mol. The van der Waals surface area contributed by atoms with Crippen molar-refractivity contribution in [2.45, 2.75) is 38.8 Å². The third kappa shape index (κ3) is 3.44. The van der Waals surface area contributed by atoms with Crippen LogP contribution in [0.15, 0.2) is 36.9 Å². The second-order valence-corrected chi connectivity index (χ2v) is 7.31. The van der Waals surface area contributed by atoms with Crippen LogP contribution in [-0.2, 0) is 17.8 Å². The first-order valence-electron chi connectivity index (χ1n) is 9.15. The van der Waals surface area contributed by atoms with Crippen molar-refractivity contribution in [3.05, 3.63) is 42.5 Å². The molecular weight excluding hydrogens is 314 g/mol. The molecule has 2 atom stereocenters. The summed E-state index contributed by atoms with van der Waals surface area (Å²) in [6, 6.07) is 8.53. The number of aromatic nitrogens is 3. The van der Waals surface area contributed by atoms with Gasteiger partial charge in [0.05, 0.1) is 6.54 Å². The Kier molecular flexibility index (Phi) is 4.53. The zero-order valence-corrected chi connectivity index (χ0v) is 14.7. The molecule has 0 N–H and O–H groups in total. The van der Waals surface area contributed by atoms with Crippen LogP contribution in [0.2, 0.25) is 0 Å². The van der Waals surface area contributed by atoms with Crippen molar-refractivity contribution in [2.75, 3.05) is 24.5 Å². The van der Waals surface area contributed by atoms with Gasteiger partial charge in [-0.25, -0.2) is 4.98 Å². The molecule has 2 aliphatic rings. The normalized spacial score (nSPS) is 23.6. The van der Waals surface area contributed by atoms with Crippen molar-refractivity contribution in [3.63, 3.8) is 0 Å². The molecule has 6 heteroatoms. The summed E-state index contributed by atoms with van der Waals surface area (Å²) in [6.07, 6.45) is 6.63. The summed E-state index contributed by atoms with van der Waals surface area (Å²) in [7, 11) is 0. The van der Waals surface area contributed by atoms with E-state index in [9.17, 15) is 4.79 Å². The smallest absolute Gasteiger partial charge is 0.241 e. The number of rotatable bonds is 4. The summed E-state index contributed by atoms with van der Waals surface area (Å²) < 4.78 is 1.90. The Hall–Kier alpha value is -2.21. The van der Waals surface area contributed by atoms with E-state index in [0.717, 1.165) is 38.2 Å². The fourth-order valence-corrected chi connectivity index (χ4v) is 4.25. The standard InChI is InChI=1S/C19H25N5O/c1-15-9-17-6-2-3-7-18(17)24(15)19(25)12-22-8-4-5-16(10-22)11-23-14-20-13-21-23/h2-3,6-7,13-16H,4-5,8-12H2,1H3/t15-,16+/m0/s1. The van der Waals surface area contributed by atoms with Crippen molar-refractivity contribution in [2.24, 2.45) is 5.92 Å². The van der Waals surface area contributed by atoms with Gasteiger partial charge in [0.25, 0.3) is 0 Å². The Balaban J connectivity index is 1.39. The minimum Gasteiger partial charge on any atom is -0.308 e. The Morgan fingerprint density at radius 3 is 3.04 bits per heavy atom. The molecule has 6 nitrogen and oxygen atoms in total. The predicted molar refractivity (Wildman–Crippen MR) is 96.3 cm³/mol. The largest absolute Gasteiger partial charge is 0.308 e. The molecule has 0 radical (unpaired) electrons. The number of likely N-dealkylation sites (tertiary alicyclic amines) is 1. The molecule has 0 spiro atoms. The minimum absolute atomic E-state index is 0.221. The van der Waals surface area contributed by atoms with Crippen molar-refractivity contribution in [3.8, 4) is 0 Å². The van der Waals surface area contributed by atoms with Crippen LogP contribution in [0.3, 0.4) is 0 Å². The first-order chi connectivity index (χ1) is 12.2. The maximum atomic E-state index is 13.0. The van der Waals surface area contributed by atoms with E-state index < -0.39 is 0 Å². The van der Waals surface area contributed by atoms with Gasteiger partial charge < -0.3 is 4.90 Å². The van der Waals surface area contributed by atoms with Gasteiger partial charge in [-0.3, -0.25) is 14.4 Å². The molecule has 4 rings (SSSR count). The molecule has 1 saturated heterocycles. The summed E-state index contributed by atoms with van der Waals surface area (Å²) in [5.41, 5.74) is 2.38. The molecule has 0 aliphatic carbocycles. The lowest BCUT2D eigenvalue weighted by Crippen LogP contribution is -2.46. The fourth-order valence-electron chi connectivity index (χ4n) is 4.25. The molecular formula is C19H25N5O. The number of nitrogens with zero attached hydrogens (tertiary/aromatic N) is 5. The van der Waals surface area contributed by atoms with Crippen molar-refractivity contribution in [1.29, 1.82) is 0 Å². The Labute approximate surface area is 148 Å². The molecule has 2 aromatic rings. The lowest BCUT2D eigenvalue weighted by atomic mass is 9.98. The zero-order chi connectivity index (χ0) is 17.2. The summed E-state index contributed by atoms with van der Waals surface area (Å²) in [5, 5.41) is 4.21. The van der Waals surface area contributed by atoms with Crippen molar-refractivity contribution in [1.82, 2.24) is 19.7 Å². The van der Waals surface area contributed by atoms with Crippen LogP contribution in [0.5, 0.6) is 0 Å². The molecule has 0 saturated carbocycles. The Morgan fingerprint density at radius 2 is 2.20 bits per heavy atom. The number of amides is 1. The topological polar surface area (TPSA) is 54.3 Å². The second-order valence-electron chi connectivity index (χ2n) is 7.31. The maximum Gasteiger partial charge on any atom is 0.241 e. The monoisotopic (exact) mass is 339 g/mol. The summed E-state index contributed by atoms with van der Waals surface area (Å²) in [4.78, 5) is 21.3. The lowest BCUT2D eigenvalue weighted by molar-refractivity contribution is -0.120. The second kappa shape index (κ2) is 6.96. The van der Waals surface area contributed by atoms with Gasteiger partial charge in [0.1, 0.15) is 12.7 Å². The van der Waals surface area contributed by atoms with Crippen molar-refractivity contribution >= 4 is 11.6 Å². The van der Waals surface area contributed by atoms with E-state index in [1.807, 2.05) is 15.6 Å². The van der Waals surface area contributed by atoms with Gasteiger partial charge in [0, 0.05) is 24.8 Å². The van der Waals surface area contributed by atoms with Crippen LogP contribution in [0.25, 0.3) is 0 Å². The van der Waals surface area contributed by atoms with E-state index in [4.69, 9.17) is 0 Å². The number of benzene rings is 1. The van der Waals surface area contributed by atoms with Crippen LogP contribution in [0.1, 0.15) is 25.3 Å². The molecule has 1 fully saturated rings. The van der Waals surface area contributed by atoms with E-state index in [2.05, 4.69) is 40.1 Å². The summed E-state index contributed by atoms with van der Waals surface area (Å²) in [6.45, 7) is 5.49. The lowest BCUT2D eigenvalue weighted by Gasteiger charge is -2.34. The number of fused-ring (bicyclic) bond motifs is 1. The van der Waals surface area contributed by atoms with Gasteiger partial charge in [0.2, 0.25) is 5.91 Å². The molecule has 1 aromatic heterocycles. The van der Waals surface area contributed by atoms with Gasteiger partial charge in [-0.05, 0) is 50.3 Å². The van der Waals surface area contributed by atoms with Gasteiger partial charge in [-0.1, -0.05) is 18.2 Å². The number of hydrogen-bond donors (Lipinski definition) is 0. The average Bonchev–Trinajstić information content (AvgIpc) is 3.21. The molecule has 0 bridgehead atoms. The molecule has 1 aromatic carbocycles. The van der Waals surface area contributed by atoms with Crippen molar-refractivity contribution < 1.29 is 4.79 Å². The molecule has 2 aliphatic heterocycles. The molecule has 132 valence electrons. The van der Waals surface area contributed by atoms with Crippen LogP contribution < -0.4 is 4.90 Å². The number of piperidine rings is 1. The van der Waals surface area contributed by atoms with E-state index in [1.165, 1.54) is 12.0 Å². The molecule has 3 heterocycles. The minimum atomic E-state index is 0.221. The highest BCUT2D eigenvalue weighted by Crippen LogP contribution is 2.32.